The number of amides is 1. The predicted octanol–water partition coefficient (Wildman–Crippen LogP) is 5.39. The monoisotopic (exact) mass is 519 g/mol. The summed E-state index contributed by atoms with van der Waals surface area (Å²) in [6.45, 7) is 1.10. The fourth-order valence-corrected chi connectivity index (χ4v) is 5.96. The Kier molecular flexibility index (Phi) is 6.86. The molecule has 1 saturated heterocycles. The molecule has 9 heteroatoms. The van der Waals surface area contributed by atoms with E-state index in [0.717, 1.165) is 41.4 Å². The van der Waals surface area contributed by atoms with Crippen molar-refractivity contribution in [1.29, 1.82) is 0 Å². The molecule has 0 atom stereocenters. The van der Waals surface area contributed by atoms with Crippen molar-refractivity contribution in [2.45, 2.75) is 30.6 Å². The first-order valence-corrected chi connectivity index (χ1v) is 13.2. The first kappa shape index (κ1) is 22.1. The molecule has 4 rings (SSSR count). The molecule has 1 aliphatic rings. The summed E-state index contributed by atoms with van der Waals surface area (Å²) < 4.78 is 28.3. The Hall–Kier alpha value is -2.07. The van der Waals surface area contributed by atoms with Crippen LogP contribution in [0.15, 0.2) is 63.3 Å². The minimum absolute atomic E-state index is 0.220. The lowest BCUT2D eigenvalue weighted by Crippen LogP contribution is -2.31. The van der Waals surface area contributed by atoms with E-state index in [9.17, 15) is 13.2 Å². The molecule has 3 aromatic rings. The predicted molar refractivity (Wildman–Crippen MR) is 127 cm³/mol. The van der Waals surface area contributed by atoms with Gasteiger partial charge in [0.2, 0.25) is 10.0 Å². The van der Waals surface area contributed by atoms with E-state index in [1.165, 1.54) is 23.5 Å². The molecule has 2 aromatic carbocycles. The highest BCUT2D eigenvalue weighted by atomic mass is 79.9. The molecule has 1 fully saturated rings. The summed E-state index contributed by atoms with van der Waals surface area (Å²) in [6.07, 6.45) is 3.89. The zero-order valence-corrected chi connectivity index (χ0v) is 20.0. The van der Waals surface area contributed by atoms with Gasteiger partial charge >= 0.3 is 0 Å². The van der Waals surface area contributed by atoms with Crippen LogP contribution in [0.3, 0.4) is 0 Å². The molecule has 0 aliphatic carbocycles. The molecular weight excluding hydrogens is 498 g/mol. The number of hydrogen-bond donors (Lipinski definition) is 1. The van der Waals surface area contributed by atoms with Crippen LogP contribution < -0.4 is 5.32 Å². The molecule has 0 spiro atoms. The van der Waals surface area contributed by atoms with Gasteiger partial charge in [0.05, 0.1) is 10.6 Å². The van der Waals surface area contributed by atoms with Gasteiger partial charge in [-0.3, -0.25) is 10.1 Å². The fraction of sp³-hybridized carbons (Fsp3) is 0.273. The Morgan fingerprint density at radius 3 is 2.26 bits per heavy atom. The van der Waals surface area contributed by atoms with Crippen molar-refractivity contribution < 1.29 is 13.2 Å². The Balaban J connectivity index is 1.44. The maximum Gasteiger partial charge on any atom is 0.257 e. The molecule has 1 aromatic heterocycles. The average Bonchev–Trinajstić information content (AvgIpc) is 3.05. The summed E-state index contributed by atoms with van der Waals surface area (Å²) in [5.74, 6) is -0.324. The number of hydrogen-bond acceptors (Lipinski definition) is 5. The number of carbonyl (C=O) groups is 1. The van der Waals surface area contributed by atoms with Crippen LogP contribution in [0.25, 0.3) is 11.3 Å². The number of sulfonamides is 1. The summed E-state index contributed by atoms with van der Waals surface area (Å²) in [6, 6.07) is 13.9. The molecule has 0 unspecified atom stereocenters. The van der Waals surface area contributed by atoms with Gasteiger partial charge in [-0.15, -0.1) is 11.3 Å². The van der Waals surface area contributed by atoms with Crippen molar-refractivity contribution in [2.75, 3.05) is 18.4 Å². The van der Waals surface area contributed by atoms with Crippen molar-refractivity contribution in [3.63, 3.8) is 0 Å². The molecule has 0 saturated carbocycles. The smallest absolute Gasteiger partial charge is 0.257 e. The second kappa shape index (κ2) is 9.60. The lowest BCUT2D eigenvalue weighted by molar-refractivity contribution is 0.102. The Morgan fingerprint density at radius 1 is 0.968 bits per heavy atom. The summed E-state index contributed by atoms with van der Waals surface area (Å²) in [4.78, 5) is 17.3. The van der Waals surface area contributed by atoms with Crippen LogP contribution in [0.4, 0.5) is 5.13 Å². The zero-order chi connectivity index (χ0) is 21.8. The van der Waals surface area contributed by atoms with Crippen LogP contribution in [0.5, 0.6) is 0 Å². The Bertz CT molecular complexity index is 1150. The van der Waals surface area contributed by atoms with E-state index in [4.69, 9.17) is 0 Å². The number of anilines is 1. The van der Waals surface area contributed by atoms with Crippen molar-refractivity contribution >= 4 is 48.3 Å². The highest BCUT2D eigenvalue weighted by molar-refractivity contribution is 9.10. The maximum absolute atomic E-state index is 12.9. The van der Waals surface area contributed by atoms with E-state index >= 15 is 0 Å². The highest BCUT2D eigenvalue weighted by Gasteiger charge is 2.25. The molecule has 1 N–H and O–H groups in total. The average molecular weight is 520 g/mol. The van der Waals surface area contributed by atoms with Gasteiger partial charge in [-0.2, -0.15) is 4.31 Å². The van der Waals surface area contributed by atoms with Crippen LogP contribution in [0.2, 0.25) is 0 Å². The van der Waals surface area contributed by atoms with Crippen LogP contribution in [-0.4, -0.2) is 36.7 Å². The van der Waals surface area contributed by atoms with E-state index in [2.05, 4.69) is 26.2 Å². The van der Waals surface area contributed by atoms with E-state index in [1.807, 2.05) is 29.6 Å². The van der Waals surface area contributed by atoms with E-state index in [0.29, 0.717) is 23.8 Å². The van der Waals surface area contributed by atoms with Gasteiger partial charge in [-0.05, 0) is 49.2 Å². The van der Waals surface area contributed by atoms with Gasteiger partial charge in [0.15, 0.2) is 5.13 Å². The number of carbonyl (C=O) groups excluding carboxylic acids is 1. The molecule has 2 heterocycles. The fourth-order valence-electron chi connectivity index (χ4n) is 3.46. The second-order valence-electron chi connectivity index (χ2n) is 7.34. The van der Waals surface area contributed by atoms with Gasteiger partial charge in [0.1, 0.15) is 0 Å². The third-order valence-corrected chi connectivity index (χ3v) is 8.38. The number of aromatic nitrogens is 1. The van der Waals surface area contributed by atoms with Gasteiger partial charge in [-0.25, -0.2) is 13.4 Å². The standard InChI is InChI=1S/C22H22BrN3O3S2/c23-18-9-5-16(6-10-18)20-15-30-22(24-20)25-21(27)17-7-11-19(12-8-17)31(28,29)26-13-3-1-2-4-14-26/h5-12,15H,1-4,13-14H2,(H,24,25,27). The van der Waals surface area contributed by atoms with Gasteiger partial charge in [0, 0.05) is 34.1 Å². The van der Waals surface area contributed by atoms with Crippen LogP contribution >= 0.6 is 27.3 Å². The normalized spacial score (nSPS) is 15.4. The van der Waals surface area contributed by atoms with Crippen molar-refractivity contribution in [2.24, 2.45) is 0 Å². The van der Waals surface area contributed by atoms with Crippen LogP contribution in [0, 0.1) is 0 Å². The summed E-state index contributed by atoms with van der Waals surface area (Å²) >= 11 is 4.75. The largest absolute Gasteiger partial charge is 0.298 e. The third-order valence-electron chi connectivity index (χ3n) is 5.18. The zero-order valence-electron chi connectivity index (χ0n) is 16.8. The molecule has 0 radical (unpaired) electrons. The number of rotatable bonds is 5. The van der Waals surface area contributed by atoms with Crippen LogP contribution in [0.1, 0.15) is 36.0 Å². The third kappa shape index (κ3) is 5.23. The SMILES string of the molecule is O=C(Nc1nc(-c2ccc(Br)cc2)cs1)c1ccc(S(=O)(=O)N2CCCCCC2)cc1. The summed E-state index contributed by atoms with van der Waals surface area (Å²) in [5.41, 5.74) is 2.13. The summed E-state index contributed by atoms with van der Waals surface area (Å²) in [7, 11) is -3.53. The first-order chi connectivity index (χ1) is 14.9. The number of benzene rings is 2. The first-order valence-electron chi connectivity index (χ1n) is 10.1. The minimum atomic E-state index is -3.53. The maximum atomic E-state index is 12.9. The number of thiazole rings is 1. The summed E-state index contributed by atoms with van der Waals surface area (Å²) in [5, 5.41) is 5.16. The molecular formula is C22H22BrN3O3S2. The molecule has 31 heavy (non-hydrogen) atoms. The Labute approximate surface area is 194 Å². The molecule has 0 bridgehead atoms. The van der Waals surface area contributed by atoms with Crippen molar-refractivity contribution in [3.05, 3.63) is 63.9 Å². The van der Waals surface area contributed by atoms with E-state index in [-0.39, 0.29) is 10.8 Å². The highest BCUT2D eigenvalue weighted by Crippen LogP contribution is 2.27. The molecule has 162 valence electrons. The molecule has 1 aliphatic heterocycles. The molecule has 1 amide bonds. The van der Waals surface area contributed by atoms with Gasteiger partial charge in [0.25, 0.3) is 5.91 Å². The molecule has 6 nitrogen and oxygen atoms in total. The minimum Gasteiger partial charge on any atom is -0.298 e. The van der Waals surface area contributed by atoms with E-state index in [1.54, 1.807) is 16.4 Å². The second-order valence-corrected chi connectivity index (χ2v) is 11.1. The van der Waals surface area contributed by atoms with E-state index < -0.39 is 10.0 Å². The van der Waals surface area contributed by atoms with Gasteiger partial charge in [-0.1, -0.05) is 40.9 Å². The van der Waals surface area contributed by atoms with Crippen LogP contribution in [-0.2, 0) is 10.0 Å². The lowest BCUT2D eigenvalue weighted by Gasteiger charge is -2.20. The lowest BCUT2D eigenvalue weighted by atomic mass is 10.2. The quantitative estimate of drug-likeness (QED) is 0.489. The number of halogens is 1. The van der Waals surface area contributed by atoms with Crippen molar-refractivity contribution in [3.8, 4) is 11.3 Å². The number of nitrogens with one attached hydrogen (secondary N) is 1. The topological polar surface area (TPSA) is 79.4 Å². The van der Waals surface area contributed by atoms with Crippen molar-refractivity contribution in [1.82, 2.24) is 9.29 Å². The van der Waals surface area contributed by atoms with Gasteiger partial charge < -0.3 is 0 Å². The number of nitrogens with zero attached hydrogens (tertiary/aromatic N) is 2. The Morgan fingerprint density at radius 2 is 1.61 bits per heavy atom.